The van der Waals surface area contributed by atoms with E-state index in [1.165, 1.54) is 4.88 Å². The van der Waals surface area contributed by atoms with Crippen LogP contribution in [0.1, 0.15) is 52.0 Å². The van der Waals surface area contributed by atoms with Gasteiger partial charge in [-0.15, -0.1) is 11.3 Å². The smallest absolute Gasteiger partial charge is 0.407 e. The number of hydrogen-bond donors (Lipinski definition) is 2. The molecule has 0 bridgehead atoms. The van der Waals surface area contributed by atoms with Gasteiger partial charge in [0.1, 0.15) is 5.60 Å². The highest BCUT2D eigenvalue weighted by Gasteiger charge is 2.19. The molecule has 0 aliphatic carbocycles. The topological polar surface area (TPSA) is 50.4 Å². The number of carbonyl (C=O) groups is 1. The molecule has 0 fully saturated rings. The van der Waals surface area contributed by atoms with Crippen LogP contribution < -0.4 is 10.6 Å². The van der Waals surface area contributed by atoms with Crippen molar-refractivity contribution in [3.63, 3.8) is 0 Å². The zero-order chi connectivity index (χ0) is 15.2. The highest BCUT2D eigenvalue weighted by Crippen LogP contribution is 2.18. The predicted octanol–water partition coefficient (Wildman–Crippen LogP) is 3.70. The van der Waals surface area contributed by atoms with E-state index in [1.54, 1.807) is 11.3 Å². The van der Waals surface area contributed by atoms with Crippen LogP contribution in [0.25, 0.3) is 0 Å². The molecule has 1 rings (SSSR count). The van der Waals surface area contributed by atoms with E-state index in [0.717, 1.165) is 13.0 Å². The van der Waals surface area contributed by atoms with Crippen LogP contribution in [0, 0.1) is 0 Å². The summed E-state index contributed by atoms with van der Waals surface area (Å²) in [7, 11) is 0. The third kappa shape index (κ3) is 6.39. The second-order valence-corrected chi connectivity index (χ2v) is 6.88. The maximum absolute atomic E-state index is 11.7. The van der Waals surface area contributed by atoms with Gasteiger partial charge in [0.2, 0.25) is 0 Å². The number of ether oxygens (including phenoxy) is 1. The van der Waals surface area contributed by atoms with Crippen LogP contribution in [0.5, 0.6) is 0 Å². The number of hydrogen-bond acceptors (Lipinski definition) is 4. The molecule has 0 aromatic carbocycles. The molecule has 0 spiro atoms. The van der Waals surface area contributed by atoms with Crippen LogP contribution >= 0.6 is 11.3 Å². The first-order chi connectivity index (χ1) is 9.31. The Morgan fingerprint density at radius 1 is 1.45 bits per heavy atom. The highest BCUT2D eigenvalue weighted by atomic mass is 32.1. The van der Waals surface area contributed by atoms with Crippen LogP contribution in [0.15, 0.2) is 17.5 Å². The van der Waals surface area contributed by atoms with Crippen molar-refractivity contribution in [3.8, 4) is 0 Å². The lowest BCUT2D eigenvalue weighted by atomic mass is 10.2. The lowest BCUT2D eigenvalue weighted by Gasteiger charge is -2.24. The zero-order valence-electron chi connectivity index (χ0n) is 13.0. The normalized spacial score (nSPS) is 14.7. The molecular weight excluding hydrogens is 272 g/mol. The fourth-order valence-corrected chi connectivity index (χ4v) is 2.49. The van der Waals surface area contributed by atoms with Gasteiger partial charge in [0.25, 0.3) is 0 Å². The highest BCUT2D eigenvalue weighted by molar-refractivity contribution is 7.10. The molecule has 0 aliphatic heterocycles. The molecule has 4 nitrogen and oxygen atoms in total. The molecule has 1 aromatic heterocycles. The van der Waals surface area contributed by atoms with E-state index < -0.39 is 5.60 Å². The van der Waals surface area contributed by atoms with Gasteiger partial charge >= 0.3 is 6.09 Å². The first-order valence-corrected chi connectivity index (χ1v) is 7.96. The van der Waals surface area contributed by atoms with E-state index in [9.17, 15) is 4.79 Å². The average Bonchev–Trinajstić information content (AvgIpc) is 2.85. The molecule has 114 valence electrons. The number of amides is 1. The zero-order valence-corrected chi connectivity index (χ0v) is 13.8. The molecule has 2 atom stereocenters. The van der Waals surface area contributed by atoms with Crippen molar-refractivity contribution in [1.82, 2.24) is 10.6 Å². The van der Waals surface area contributed by atoms with E-state index in [1.807, 2.05) is 20.8 Å². The van der Waals surface area contributed by atoms with E-state index in [2.05, 4.69) is 42.0 Å². The van der Waals surface area contributed by atoms with Gasteiger partial charge in [-0.05, 0) is 45.6 Å². The van der Waals surface area contributed by atoms with Crippen molar-refractivity contribution in [2.75, 3.05) is 6.54 Å². The monoisotopic (exact) mass is 298 g/mol. The van der Waals surface area contributed by atoms with Gasteiger partial charge in [0.15, 0.2) is 0 Å². The Hall–Kier alpha value is -1.07. The van der Waals surface area contributed by atoms with Crippen molar-refractivity contribution in [2.45, 2.75) is 58.7 Å². The van der Waals surface area contributed by atoms with Crippen LogP contribution in [0.4, 0.5) is 4.79 Å². The quantitative estimate of drug-likeness (QED) is 0.842. The van der Waals surface area contributed by atoms with Gasteiger partial charge in [0.05, 0.1) is 0 Å². The SMILES string of the molecule is CCC(CNC(C)c1cccs1)NC(=O)OC(C)(C)C. The lowest BCUT2D eigenvalue weighted by molar-refractivity contribution is 0.0502. The summed E-state index contributed by atoms with van der Waals surface area (Å²) in [5.41, 5.74) is -0.458. The number of rotatable bonds is 6. The van der Waals surface area contributed by atoms with Crippen molar-refractivity contribution >= 4 is 17.4 Å². The Morgan fingerprint density at radius 2 is 2.15 bits per heavy atom. The Labute approximate surface area is 125 Å². The standard InChI is InChI=1S/C15H26N2O2S/c1-6-12(17-14(18)19-15(3,4)5)10-16-11(2)13-8-7-9-20-13/h7-9,11-12,16H,6,10H2,1-5H3,(H,17,18). The molecule has 2 unspecified atom stereocenters. The summed E-state index contributed by atoms with van der Waals surface area (Å²) in [6, 6.07) is 4.54. The molecule has 0 aliphatic rings. The van der Waals surface area contributed by atoms with Crippen molar-refractivity contribution in [2.24, 2.45) is 0 Å². The number of nitrogens with one attached hydrogen (secondary N) is 2. The summed E-state index contributed by atoms with van der Waals surface area (Å²) in [6.45, 7) is 10.5. The molecule has 1 aromatic rings. The first-order valence-electron chi connectivity index (χ1n) is 7.08. The van der Waals surface area contributed by atoms with E-state index in [4.69, 9.17) is 4.74 Å². The van der Waals surface area contributed by atoms with E-state index in [-0.39, 0.29) is 12.1 Å². The van der Waals surface area contributed by atoms with Gasteiger partial charge in [-0.1, -0.05) is 13.0 Å². The Kier molecular flexibility index (Phi) is 6.49. The Morgan fingerprint density at radius 3 is 2.65 bits per heavy atom. The summed E-state index contributed by atoms with van der Waals surface area (Å²) in [5, 5.41) is 8.42. The first kappa shape index (κ1) is 17.0. The van der Waals surface area contributed by atoms with Crippen LogP contribution in [-0.2, 0) is 4.74 Å². The average molecular weight is 298 g/mol. The number of thiophene rings is 1. The molecular formula is C15H26N2O2S. The van der Waals surface area contributed by atoms with Gasteiger partial charge in [-0.2, -0.15) is 0 Å². The Bertz CT molecular complexity index is 399. The number of alkyl carbamates (subject to hydrolysis) is 1. The minimum Gasteiger partial charge on any atom is -0.444 e. The third-order valence-corrected chi connectivity index (χ3v) is 3.91. The molecule has 1 amide bonds. The summed E-state index contributed by atoms with van der Waals surface area (Å²) in [5.74, 6) is 0. The van der Waals surface area contributed by atoms with Crippen LogP contribution in [0.3, 0.4) is 0 Å². The Balaban J connectivity index is 2.38. The van der Waals surface area contributed by atoms with E-state index >= 15 is 0 Å². The molecule has 1 heterocycles. The maximum atomic E-state index is 11.7. The molecule has 2 N–H and O–H groups in total. The summed E-state index contributed by atoms with van der Waals surface area (Å²) in [6.07, 6.45) is 0.513. The second kappa shape index (κ2) is 7.64. The van der Waals surface area contributed by atoms with Crippen LogP contribution in [0.2, 0.25) is 0 Å². The fraction of sp³-hybridized carbons (Fsp3) is 0.667. The lowest BCUT2D eigenvalue weighted by Crippen LogP contribution is -2.44. The van der Waals surface area contributed by atoms with Gasteiger partial charge in [-0.25, -0.2) is 4.79 Å². The minimum atomic E-state index is -0.458. The van der Waals surface area contributed by atoms with Gasteiger partial charge in [-0.3, -0.25) is 0 Å². The van der Waals surface area contributed by atoms with Gasteiger partial charge in [0, 0.05) is 23.5 Å². The van der Waals surface area contributed by atoms with Crippen molar-refractivity contribution in [1.29, 1.82) is 0 Å². The third-order valence-electron chi connectivity index (χ3n) is 2.85. The van der Waals surface area contributed by atoms with Crippen LogP contribution in [-0.4, -0.2) is 24.3 Å². The van der Waals surface area contributed by atoms with Gasteiger partial charge < -0.3 is 15.4 Å². The molecule has 5 heteroatoms. The molecule has 0 saturated carbocycles. The maximum Gasteiger partial charge on any atom is 0.407 e. The predicted molar refractivity (Wildman–Crippen MR) is 84.2 cm³/mol. The fourth-order valence-electron chi connectivity index (χ4n) is 1.73. The van der Waals surface area contributed by atoms with Crippen molar-refractivity contribution < 1.29 is 9.53 Å². The minimum absolute atomic E-state index is 0.0762. The second-order valence-electron chi connectivity index (χ2n) is 5.90. The van der Waals surface area contributed by atoms with E-state index in [0.29, 0.717) is 6.04 Å². The summed E-state index contributed by atoms with van der Waals surface area (Å²) < 4.78 is 5.27. The molecule has 0 radical (unpaired) electrons. The molecule has 0 saturated heterocycles. The van der Waals surface area contributed by atoms with Crippen molar-refractivity contribution in [3.05, 3.63) is 22.4 Å². The molecule has 20 heavy (non-hydrogen) atoms. The summed E-state index contributed by atoms with van der Waals surface area (Å²) in [4.78, 5) is 13.0. The summed E-state index contributed by atoms with van der Waals surface area (Å²) >= 11 is 1.74. The number of carbonyl (C=O) groups excluding carboxylic acids is 1. The largest absolute Gasteiger partial charge is 0.444 e.